The number of amides is 1. The highest BCUT2D eigenvalue weighted by Crippen LogP contribution is 2.49. The summed E-state index contributed by atoms with van der Waals surface area (Å²) in [4.78, 5) is 29.5. The third-order valence-corrected chi connectivity index (χ3v) is 5.91. The molecule has 0 N–H and O–H groups in total. The van der Waals surface area contributed by atoms with Crippen LogP contribution in [0.5, 0.6) is 0 Å². The van der Waals surface area contributed by atoms with Crippen LogP contribution in [0.25, 0.3) is 0 Å². The largest absolute Gasteiger partial charge is 0.339 e. The first-order valence-corrected chi connectivity index (χ1v) is 9.75. The molecular weight excluding hydrogens is 368 g/mol. The van der Waals surface area contributed by atoms with Gasteiger partial charge in [0, 0.05) is 44.3 Å². The Bertz CT molecular complexity index is 1000. The summed E-state index contributed by atoms with van der Waals surface area (Å²) in [6.07, 6.45) is 3.00. The molecule has 3 aromatic rings. The normalized spacial score (nSPS) is 20.7. The number of nitrogens with zero attached hydrogens (tertiary/aromatic N) is 6. The first kappa shape index (κ1) is 17.9. The van der Waals surface area contributed by atoms with E-state index in [2.05, 4.69) is 49.3 Å². The fraction of sp³-hybridized carbons (Fsp3) is 0.381. The predicted octanol–water partition coefficient (Wildman–Crippen LogP) is 1.91. The van der Waals surface area contributed by atoms with Gasteiger partial charge in [0.15, 0.2) is 5.82 Å². The molecule has 148 valence electrons. The van der Waals surface area contributed by atoms with E-state index >= 15 is 0 Å². The molecule has 2 fully saturated rings. The lowest BCUT2D eigenvalue weighted by molar-refractivity contribution is -0.00167. The van der Waals surface area contributed by atoms with Crippen LogP contribution in [-0.4, -0.2) is 62.0 Å². The number of carbonyl (C=O) groups excluding carboxylic acids is 1. The predicted molar refractivity (Wildman–Crippen MR) is 104 cm³/mol. The van der Waals surface area contributed by atoms with E-state index in [1.165, 1.54) is 11.9 Å². The number of hydrogen-bond donors (Lipinski definition) is 0. The molecule has 1 spiro atoms. The fourth-order valence-electron chi connectivity index (χ4n) is 4.59. The maximum Gasteiger partial charge on any atom is 0.272 e. The van der Waals surface area contributed by atoms with E-state index in [0.29, 0.717) is 30.5 Å². The maximum atomic E-state index is 12.8. The highest BCUT2D eigenvalue weighted by molar-refractivity contribution is 5.92. The SMILES string of the molecule is Cc1noc(C2CN(Cc3ccccc3)CC23CN(C(=O)c2ccncn2)C3)n1. The Morgan fingerprint density at radius 1 is 1.21 bits per heavy atom. The number of hydrogen-bond acceptors (Lipinski definition) is 7. The van der Waals surface area contributed by atoms with E-state index in [0.717, 1.165) is 19.6 Å². The van der Waals surface area contributed by atoms with E-state index in [4.69, 9.17) is 4.52 Å². The molecule has 5 rings (SSSR count). The van der Waals surface area contributed by atoms with Crippen LogP contribution in [0, 0.1) is 12.3 Å². The molecule has 1 atom stereocenters. The molecule has 1 unspecified atom stereocenters. The molecule has 2 aliphatic heterocycles. The van der Waals surface area contributed by atoms with Crippen molar-refractivity contribution in [2.75, 3.05) is 26.2 Å². The van der Waals surface area contributed by atoms with Gasteiger partial charge in [0.05, 0.1) is 5.92 Å². The second-order valence-electron chi connectivity index (χ2n) is 8.01. The van der Waals surface area contributed by atoms with Crippen LogP contribution < -0.4 is 0 Å². The molecule has 8 nitrogen and oxygen atoms in total. The summed E-state index contributed by atoms with van der Waals surface area (Å²) in [5.74, 6) is 1.37. The Labute approximate surface area is 168 Å². The van der Waals surface area contributed by atoms with Crippen molar-refractivity contribution >= 4 is 5.91 Å². The van der Waals surface area contributed by atoms with Gasteiger partial charge in [-0.25, -0.2) is 9.97 Å². The highest BCUT2D eigenvalue weighted by atomic mass is 16.5. The highest BCUT2D eigenvalue weighted by Gasteiger charge is 2.57. The topological polar surface area (TPSA) is 88.3 Å². The fourth-order valence-corrected chi connectivity index (χ4v) is 4.59. The zero-order chi connectivity index (χ0) is 19.8. The zero-order valence-electron chi connectivity index (χ0n) is 16.2. The van der Waals surface area contributed by atoms with Crippen molar-refractivity contribution < 1.29 is 9.32 Å². The van der Waals surface area contributed by atoms with Crippen LogP contribution in [0.2, 0.25) is 0 Å². The Hall–Kier alpha value is -3.13. The lowest BCUT2D eigenvalue weighted by Crippen LogP contribution is -2.61. The smallest absolute Gasteiger partial charge is 0.272 e. The molecule has 8 heteroatoms. The Morgan fingerprint density at radius 2 is 2.03 bits per heavy atom. The van der Waals surface area contributed by atoms with Gasteiger partial charge in [0.2, 0.25) is 5.89 Å². The van der Waals surface area contributed by atoms with E-state index in [9.17, 15) is 4.79 Å². The average molecular weight is 390 g/mol. The van der Waals surface area contributed by atoms with Crippen molar-refractivity contribution in [2.24, 2.45) is 5.41 Å². The van der Waals surface area contributed by atoms with Crippen molar-refractivity contribution in [3.05, 3.63) is 71.9 Å². The van der Waals surface area contributed by atoms with E-state index in [1.807, 2.05) is 17.9 Å². The Kier molecular flexibility index (Phi) is 4.35. The standard InChI is InChI=1S/C21H22N6O2/c1-15-24-19(29-25-15)17-10-26(9-16-5-3-2-4-6-16)11-21(17)12-27(13-21)20(28)18-7-8-22-14-23-18/h2-8,14,17H,9-13H2,1H3. The molecule has 0 saturated carbocycles. The first-order chi connectivity index (χ1) is 14.1. The Balaban J connectivity index is 1.36. The second kappa shape index (κ2) is 7.04. The summed E-state index contributed by atoms with van der Waals surface area (Å²) < 4.78 is 5.55. The van der Waals surface area contributed by atoms with Gasteiger partial charge < -0.3 is 9.42 Å². The summed E-state index contributed by atoms with van der Waals surface area (Å²) in [5.41, 5.74) is 1.63. The third-order valence-electron chi connectivity index (χ3n) is 5.91. The van der Waals surface area contributed by atoms with Gasteiger partial charge >= 0.3 is 0 Å². The average Bonchev–Trinajstić information content (AvgIpc) is 3.31. The van der Waals surface area contributed by atoms with Crippen molar-refractivity contribution in [1.82, 2.24) is 29.9 Å². The molecule has 2 aromatic heterocycles. The second-order valence-corrected chi connectivity index (χ2v) is 8.01. The number of aromatic nitrogens is 4. The van der Waals surface area contributed by atoms with Crippen molar-refractivity contribution in [3.8, 4) is 0 Å². The quantitative estimate of drug-likeness (QED) is 0.672. The van der Waals surface area contributed by atoms with Crippen LogP contribution in [0.15, 0.2) is 53.4 Å². The molecule has 29 heavy (non-hydrogen) atoms. The minimum Gasteiger partial charge on any atom is -0.339 e. The summed E-state index contributed by atoms with van der Waals surface area (Å²) in [7, 11) is 0. The molecule has 0 radical (unpaired) electrons. The molecule has 2 saturated heterocycles. The summed E-state index contributed by atoms with van der Waals surface area (Å²) in [5, 5.41) is 3.99. The minimum absolute atomic E-state index is 0.0556. The molecular formula is C21H22N6O2. The van der Waals surface area contributed by atoms with Crippen molar-refractivity contribution in [3.63, 3.8) is 0 Å². The van der Waals surface area contributed by atoms with Crippen LogP contribution in [0.3, 0.4) is 0 Å². The molecule has 4 heterocycles. The van der Waals surface area contributed by atoms with Gasteiger partial charge in [0.1, 0.15) is 12.0 Å². The van der Waals surface area contributed by atoms with Gasteiger partial charge in [-0.15, -0.1) is 0 Å². The number of aryl methyl sites for hydroxylation is 1. The van der Waals surface area contributed by atoms with E-state index in [1.54, 1.807) is 12.3 Å². The van der Waals surface area contributed by atoms with Gasteiger partial charge in [0.25, 0.3) is 5.91 Å². The zero-order valence-corrected chi connectivity index (χ0v) is 16.2. The minimum atomic E-state index is -0.0730. The summed E-state index contributed by atoms with van der Waals surface area (Å²) in [6.45, 7) is 5.75. The molecule has 1 amide bonds. The van der Waals surface area contributed by atoms with Crippen LogP contribution in [-0.2, 0) is 6.54 Å². The number of benzene rings is 1. The molecule has 0 bridgehead atoms. The van der Waals surface area contributed by atoms with Crippen LogP contribution in [0.1, 0.15) is 33.7 Å². The number of carbonyl (C=O) groups is 1. The molecule has 1 aromatic carbocycles. The first-order valence-electron chi connectivity index (χ1n) is 9.75. The molecule has 0 aliphatic carbocycles. The van der Waals surface area contributed by atoms with Crippen LogP contribution in [0.4, 0.5) is 0 Å². The third kappa shape index (κ3) is 3.29. The van der Waals surface area contributed by atoms with E-state index in [-0.39, 0.29) is 17.2 Å². The Morgan fingerprint density at radius 3 is 2.72 bits per heavy atom. The number of rotatable bonds is 4. The van der Waals surface area contributed by atoms with Gasteiger partial charge in [-0.2, -0.15) is 4.98 Å². The lowest BCUT2D eigenvalue weighted by Gasteiger charge is -2.50. The van der Waals surface area contributed by atoms with Crippen molar-refractivity contribution in [1.29, 1.82) is 0 Å². The van der Waals surface area contributed by atoms with Crippen molar-refractivity contribution in [2.45, 2.75) is 19.4 Å². The molecule has 2 aliphatic rings. The van der Waals surface area contributed by atoms with Gasteiger partial charge in [-0.1, -0.05) is 35.5 Å². The summed E-state index contributed by atoms with van der Waals surface area (Å²) in [6, 6.07) is 12.1. The lowest BCUT2D eigenvalue weighted by atomic mass is 9.71. The summed E-state index contributed by atoms with van der Waals surface area (Å²) >= 11 is 0. The monoisotopic (exact) mass is 390 g/mol. The van der Waals surface area contributed by atoms with Crippen LogP contribution >= 0.6 is 0 Å². The van der Waals surface area contributed by atoms with E-state index < -0.39 is 0 Å². The number of likely N-dealkylation sites (tertiary alicyclic amines) is 2. The maximum absolute atomic E-state index is 12.8. The van der Waals surface area contributed by atoms with Gasteiger partial charge in [-0.05, 0) is 18.6 Å². The van der Waals surface area contributed by atoms with Gasteiger partial charge in [-0.3, -0.25) is 9.69 Å².